The summed E-state index contributed by atoms with van der Waals surface area (Å²) in [6.45, 7) is 2.05. The minimum atomic E-state index is -0.289. The summed E-state index contributed by atoms with van der Waals surface area (Å²) in [4.78, 5) is 0. The van der Waals surface area contributed by atoms with Crippen LogP contribution in [0.5, 0.6) is 5.75 Å². The molecule has 0 aromatic heterocycles. The Bertz CT molecular complexity index is 661. The molecular formula is C18H18FNO. The third kappa shape index (κ3) is 3.61. The van der Waals surface area contributed by atoms with Crippen molar-refractivity contribution in [3.05, 3.63) is 65.0 Å². The molecule has 0 bridgehead atoms. The minimum absolute atomic E-state index is 0.270. The number of nitrogens with zero attached hydrogens (tertiary/aromatic N) is 1. The SMILES string of the molecule is CCc1cc(C(C#N)Cc2cccc(F)c2)ccc1OC. The fraction of sp³-hybridized carbons (Fsp3) is 0.278. The van der Waals surface area contributed by atoms with Crippen molar-refractivity contribution in [2.75, 3.05) is 7.11 Å². The van der Waals surface area contributed by atoms with Gasteiger partial charge in [0.2, 0.25) is 0 Å². The van der Waals surface area contributed by atoms with Crippen LogP contribution < -0.4 is 4.74 Å². The highest BCUT2D eigenvalue weighted by Crippen LogP contribution is 2.27. The van der Waals surface area contributed by atoms with Crippen LogP contribution in [0.1, 0.15) is 29.5 Å². The Balaban J connectivity index is 2.27. The molecule has 0 aliphatic heterocycles. The van der Waals surface area contributed by atoms with Crippen LogP contribution in [0.3, 0.4) is 0 Å². The number of benzene rings is 2. The van der Waals surface area contributed by atoms with E-state index < -0.39 is 0 Å². The van der Waals surface area contributed by atoms with Gasteiger partial charge in [-0.15, -0.1) is 0 Å². The van der Waals surface area contributed by atoms with Crippen molar-refractivity contribution >= 4 is 0 Å². The average Bonchev–Trinajstić information content (AvgIpc) is 2.52. The first-order valence-corrected chi connectivity index (χ1v) is 6.98. The van der Waals surface area contributed by atoms with Crippen molar-refractivity contribution < 1.29 is 9.13 Å². The molecule has 0 spiro atoms. The van der Waals surface area contributed by atoms with Crippen molar-refractivity contribution in [3.8, 4) is 11.8 Å². The molecule has 2 aromatic rings. The molecule has 2 nitrogen and oxygen atoms in total. The predicted molar refractivity (Wildman–Crippen MR) is 80.8 cm³/mol. The molecule has 1 unspecified atom stereocenters. The zero-order valence-corrected chi connectivity index (χ0v) is 12.3. The Kier molecular flexibility index (Phi) is 4.94. The number of hydrogen-bond donors (Lipinski definition) is 0. The second-order valence-corrected chi connectivity index (χ2v) is 4.94. The molecule has 1 atom stereocenters. The second kappa shape index (κ2) is 6.90. The molecule has 0 saturated heterocycles. The van der Waals surface area contributed by atoms with E-state index in [1.807, 2.05) is 24.3 Å². The first kappa shape index (κ1) is 15.1. The van der Waals surface area contributed by atoms with E-state index in [9.17, 15) is 9.65 Å². The van der Waals surface area contributed by atoms with Crippen LogP contribution >= 0.6 is 0 Å². The van der Waals surface area contributed by atoms with Gasteiger partial charge in [-0.25, -0.2) is 4.39 Å². The van der Waals surface area contributed by atoms with Gasteiger partial charge in [0.05, 0.1) is 19.1 Å². The van der Waals surface area contributed by atoms with Crippen molar-refractivity contribution in [2.24, 2.45) is 0 Å². The van der Waals surface area contributed by atoms with Gasteiger partial charge >= 0.3 is 0 Å². The summed E-state index contributed by atoms with van der Waals surface area (Å²) in [7, 11) is 1.64. The van der Waals surface area contributed by atoms with Crippen LogP contribution in [0.25, 0.3) is 0 Å². The van der Waals surface area contributed by atoms with E-state index in [2.05, 4.69) is 13.0 Å². The zero-order chi connectivity index (χ0) is 15.2. The minimum Gasteiger partial charge on any atom is -0.496 e. The van der Waals surface area contributed by atoms with E-state index in [-0.39, 0.29) is 11.7 Å². The topological polar surface area (TPSA) is 33.0 Å². The predicted octanol–water partition coefficient (Wildman–Crippen LogP) is 4.25. The zero-order valence-electron chi connectivity index (χ0n) is 12.3. The highest BCUT2D eigenvalue weighted by molar-refractivity contribution is 5.40. The maximum atomic E-state index is 13.2. The summed E-state index contributed by atoms with van der Waals surface area (Å²) in [5, 5.41) is 9.43. The van der Waals surface area contributed by atoms with E-state index in [4.69, 9.17) is 4.74 Å². The first-order valence-electron chi connectivity index (χ1n) is 6.98. The van der Waals surface area contributed by atoms with Gasteiger partial charge < -0.3 is 4.74 Å². The van der Waals surface area contributed by atoms with Crippen LogP contribution in [0, 0.1) is 17.1 Å². The molecule has 0 saturated carbocycles. The average molecular weight is 283 g/mol. The molecule has 0 N–H and O–H groups in total. The number of methoxy groups -OCH3 is 1. The third-order valence-electron chi connectivity index (χ3n) is 3.57. The van der Waals surface area contributed by atoms with Crippen LogP contribution in [-0.4, -0.2) is 7.11 Å². The molecule has 2 aromatic carbocycles. The van der Waals surface area contributed by atoms with Crippen molar-refractivity contribution in [2.45, 2.75) is 25.7 Å². The summed E-state index contributed by atoms with van der Waals surface area (Å²) in [6.07, 6.45) is 1.35. The Labute approximate surface area is 124 Å². The summed E-state index contributed by atoms with van der Waals surface area (Å²) < 4.78 is 18.5. The summed E-state index contributed by atoms with van der Waals surface area (Å²) >= 11 is 0. The van der Waals surface area contributed by atoms with Crippen LogP contribution in [0.15, 0.2) is 42.5 Å². The Hall–Kier alpha value is -2.34. The lowest BCUT2D eigenvalue weighted by Crippen LogP contribution is -2.02. The van der Waals surface area contributed by atoms with Gasteiger partial charge in [-0.2, -0.15) is 5.26 Å². The maximum absolute atomic E-state index is 13.2. The number of halogens is 1. The van der Waals surface area contributed by atoms with Gasteiger partial charge in [-0.1, -0.05) is 31.2 Å². The molecule has 0 radical (unpaired) electrons. The Morgan fingerprint density at radius 3 is 2.67 bits per heavy atom. The quantitative estimate of drug-likeness (QED) is 0.822. The number of nitriles is 1. The number of rotatable bonds is 5. The van der Waals surface area contributed by atoms with Crippen molar-refractivity contribution in [1.82, 2.24) is 0 Å². The molecule has 2 rings (SSSR count). The fourth-order valence-corrected chi connectivity index (χ4v) is 2.43. The fourth-order valence-electron chi connectivity index (χ4n) is 2.43. The van der Waals surface area contributed by atoms with Gasteiger partial charge in [-0.3, -0.25) is 0 Å². The van der Waals surface area contributed by atoms with Gasteiger partial charge in [0.25, 0.3) is 0 Å². The van der Waals surface area contributed by atoms with Gasteiger partial charge in [-0.05, 0) is 47.7 Å². The molecule has 108 valence electrons. The normalized spacial score (nSPS) is 11.7. The van der Waals surface area contributed by atoms with Gasteiger partial charge in [0, 0.05) is 0 Å². The second-order valence-electron chi connectivity index (χ2n) is 4.94. The number of aryl methyl sites for hydroxylation is 1. The van der Waals surface area contributed by atoms with E-state index >= 15 is 0 Å². The molecule has 21 heavy (non-hydrogen) atoms. The highest BCUT2D eigenvalue weighted by atomic mass is 19.1. The molecule has 0 aliphatic carbocycles. The smallest absolute Gasteiger partial charge is 0.123 e. The van der Waals surface area contributed by atoms with Crippen molar-refractivity contribution in [1.29, 1.82) is 5.26 Å². The first-order chi connectivity index (χ1) is 10.2. The van der Waals surface area contributed by atoms with E-state index in [0.29, 0.717) is 6.42 Å². The third-order valence-corrected chi connectivity index (χ3v) is 3.57. The maximum Gasteiger partial charge on any atom is 0.123 e. The van der Waals surface area contributed by atoms with Gasteiger partial charge in [0.15, 0.2) is 0 Å². The molecule has 0 aliphatic rings. The summed E-state index contributed by atoms with van der Waals surface area (Å²) in [6, 6.07) is 14.5. The molecule has 0 amide bonds. The molecule has 0 fully saturated rings. The number of ether oxygens (including phenoxy) is 1. The number of hydrogen-bond acceptors (Lipinski definition) is 2. The summed E-state index contributed by atoms with van der Waals surface area (Å²) in [5.41, 5.74) is 2.85. The lowest BCUT2D eigenvalue weighted by molar-refractivity contribution is 0.410. The standard InChI is InChI=1S/C18H18FNO/c1-3-14-11-15(7-8-18(14)21-2)16(12-20)9-13-5-4-6-17(19)10-13/h4-8,10-11,16H,3,9H2,1-2H3. The van der Waals surface area contributed by atoms with E-state index in [1.165, 1.54) is 12.1 Å². The monoisotopic (exact) mass is 283 g/mol. The largest absolute Gasteiger partial charge is 0.496 e. The lowest BCUT2D eigenvalue weighted by Gasteiger charge is -2.13. The molecule has 3 heteroatoms. The Morgan fingerprint density at radius 1 is 1.24 bits per heavy atom. The van der Waals surface area contributed by atoms with Gasteiger partial charge in [0.1, 0.15) is 11.6 Å². The lowest BCUT2D eigenvalue weighted by atomic mass is 9.91. The summed E-state index contributed by atoms with van der Waals surface area (Å²) in [5.74, 6) is 0.278. The highest BCUT2D eigenvalue weighted by Gasteiger charge is 2.14. The molecule has 0 heterocycles. The van der Waals surface area contributed by atoms with Crippen molar-refractivity contribution in [3.63, 3.8) is 0 Å². The van der Waals surface area contributed by atoms with E-state index in [1.54, 1.807) is 13.2 Å². The molecular weight excluding hydrogens is 265 g/mol. The Morgan fingerprint density at radius 2 is 2.05 bits per heavy atom. The van der Waals surface area contributed by atoms with Crippen LogP contribution in [0.4, 0.5) is 4.39 Å². The van der Waals surface area contributed by atoms with E-state index in [0.717, 1.165) is 28.9 Å². The van der Waals surface area contributed by atoms with Crippen LogP contribution in [-0.2, 0) is 12.8 Å². The van der Waals surface area contributed by atoms with Crippen LogP contribution in [0.2, 0.25) is 0 Å².